The molecular weight excluding hydrogens is 232 g/mol. The van der Waals surface area contributed by atoms with Crippen LogP contribution in [0.3, 0.4) is 0 Å². The van der Waals surface area contributed by atoms with Gasteiger partial charge in [0.1, 0.15) is 0 Å². The van der Waals surface area contributed by atoms with E-state index in [0.29, 0.717) is 0 Å². The van der Waals surface area contributed by atoms with Gasteiger partial charge in [0.25, 0.3) is 0 Å². The fourth-order valence-corrected chi connectivity index (χ4v) is 3.17. The maximum absolute atomic E-state index is 4.24. The molecule has 0 saturated carbocycles. The number of hydrogen-bond donors (Lipinski definition) is 0. The van der Waals surface area contributed by atoms with Crippen LogP contribution in [0, 0.1) is 6.92 Å². The summed E-state index contributed by atoms with van der Waals surface area (Å²) in [5.41, 5.74) is 3.93. The largest absolute Gasteiger partial charge is 0.343 e. The van der Waals surface area contributed by atoms with E-state index in [1.807, 2.05) is 12.4 Å². The number of aromatic nitrogens is 2. The molecule has 2 nitrogen and oxygen atoms in total. The molecule has 0 unspecified atom stereocenters. The highest BCUT2D eigenvalue weighted by Crippen LogP contribution is 2.34. The zero-order chi connectivity index (χ0) is 13.0. The van der Waals surface area contributed by atoms with Gasteiger partial charge in [0.05, 0.1) is 5.52 Å². The number of fused-ring (bicyclic) bond motifs is 4. The highest BCUT2D eigenvalue weighted by molar-refractivity contribution is 6.14. The Bertz CT molecular complexity index is 926. The average Bonchev–Trinajstić information content (AvgIpc) is 2.74. The van der Waals surface area contributed by atoms with Crippen molar-refractivity contribution in [2.24, 2.45) is 7.05 Å². The van der Waals surface area contributed by atoms with E-state index in [1.165, 1.54) is 38.1 Å². The van der Waals surface area contributed by atoms with Crippen LogP contribution in [0.1, 0.15) is 5.56 Å². The second-order valence-electron chi connectivity index (χ2n) is 5.07. The van der Waals surface area contributed by atoms with Crippen molar-refractivity contribution in [1.29, 1.82) is 0 Å². The van der Waals surface area contributed by atoms with Crippen molar-refractivity contribution in [1.82, 2.24) is 9.55 Å². The zero-order valence-electron chi connectivity index (χ0n) is 11.0. The minimum absolute atomic E-state index is 1.21. The summed E-state index contributed by atoms with van der Waals surface area (Å²) in [6, 6.07) is 12.9. The van der Waals surface area contributed by atoms with Gasteiger partial charge in [-0.15, -0.1) is 0 Å². The lowest BCUT2D eigenvalue weighted by Crippen LogP contribution is -1.90. The quantitative estimate of drug-likeness (QED) is 0.455. The van der Waals surface area contributed by atoms with Gasteiger partial charge >= 0.3 is 0 Å². The summed E-state index contributed by atoms with van der Waals surface area (Å²) in [7, 11) is 2.14. The molecule has 0 atom stereocenters. The van der Waals surface area contributed by atoms with Crippen LogP contribution in [-0.4, -0.2) is 9.55 Å². The summed E-state index contributed by atoms with van der Waals surface area (Å²) in [6.45, 7) is 2.20. The molecular formula is C17H14N2. The van der Waals surface area contributed by atoms with Gasteiger partial charge in [-0.25, -0.2) is 0 Å². The topological polar surface area (TPSA) is 17.8 Å². The lowest BCUT2D eigenvalue weighted by atomic mass is 10.0. The Labute approximate surface area is 111 Å². The summed E-state index contributed by atoms with van der Waals surface area (Å²) in [6.07, 6.45) is 3.81. The summed E-state index contributed by atoms with van der Waals surface area (Å²) in [5, 5.41) is 5.13. The Morgan fingerprint density at radius 3 is 2.74 bits per heavy atom. The predicted octanol–water partition coefficient (Wildman–Crippen LogP) is 4.19. The second-order valence-corrected chi connectivity index (χ2v) is 5.07. The van der Waals surface area contributed by atoms with Crippen molar-refractivity contribution in [3.63, 3.8) is 0 Å². The Balaban J connectivity index is 2.38. The molecule has 2 aromatic carbocycles. The number of pyridine rings is 1. The van der Waals surface area contributed by atoms with E-state index < -0.39 is 0 Å². The van der Waals surface area contributed by atoms with E-state index in [9.17, 15) is 0 Å². The molecule has 0 fully saturated rings. The average molecular weight is 246 g/mol. The van der Waals surface area contributed by atoms with E-state index in [1.54, 1.807) is 0 Å². The molecule has 92 valence electrons. The number of benzene rings is 2. The van der Waals surface area contributed by atoms with Crippen LogP contribution in [-0.2, 0) is 7.05 Å². The molecule has 0 radical (unpaired) electrons. The minimum atomic E-state index is 1.21. The molecule has 0 N–H and O–H groups in total. The number of nitrogens with zero attached hydrogens (tertiary/aromatic N) is 2. The third kappa shape index (κ3) is 1.28. The fourth-order valence-electron chi connectivity index (χ4n) is 3.17. The van der Waals surface area contributed by atoms with Crippen molar-refractivity contribution in [3.8, 4) is 0 Å². The molecule has 4 aromatic rings. The highest BCUT2D eigenvalue weighted by atomic mass is 14.9. The monoisotopic (exact) mass is 246 g/mol. The van der Waals surface area contributed by atoms with Crippen molar-refractivity contribution < 1.29 is 0 Å². The summed E-state index contributed by atoms with van der Waals surface area (Å²) < 4.78 is 2.29. The standard InChI is InChI=1S/C17H14N2/c1-11-13-7-8-18-10-12(13)9-15-14-5-3-4-6-16(14)19(2)17(11)15/h3-10H,1-2H3. The molecule has 0 aliphatic heterocycles. The first-order valence-electron chi connectivity index (χ1n) is 6.48. The Morgan fingerprint density at radius 2 is 1.84 bits per heavy atom. The number of para-hydroxylation sites is 1. The molecule has 2 heteroatoms. The summed E-state index contributed by atoms with van der Waals surface area (Å²) in [4.78, 5) is 4.24. The van der Waals surface area contributed by atoms with Crippen molar-refractivity contribution >= 4 is 32.6 Å². The Kier molecular flexibility index (Phi) is 1.99. The van der Waals surface area contributed by atoms with Gasteiger partial charge in [-0.2, -0.15) is 0 Å². The third-order valence-electron chi connectivity index (χ3n) is 4.06. The van der Waals surface area contributed by atoms with Gasteiger partial charge in [-0.3, -0.25) is 4.98 Å². The third-order valence-corrected chi connectivity index (χ3v) is 4.06. The van der Waals surface area contributed by atoms with E-state index in [0.717, 1.165) is 0 Å². The SMILES string of the molecule is Cc1c2ccncc2cc2c3ccccc3n(C)c12. The van der Waals surface area contributed by atoms with Gasteiger partial charge < -0.3 is 4.57 Å². The van der Waals surface area contributed by atoms with Gasteiger partial charge in [0, 0.05) is 41.1 Å². The molecule has 0 spiro atoms. The van der Waals surface area contributed by atoms with Crippen molar-refractivity contribution in [2.45, 2.75) is 6.92 Å². The number of aryl methyl sites for hydroxylation is 2. The Morgan fingerprint density at radius 1 is 1.00 bits per heavy atom. The fraction of sp³-hybridized carbons (Fsp3) is 0.118. The first kappa shape index (κ1) is 10.6. The molecule has 2 heterocycles. The van der Waals surface area contributed by atoms with Crippen LogP contribution >= 0.6 is 0 Å². The number of hydrogen-bond acceptors (Lipinski definition) is 1. The smallest absolute Gasteiger partial charge is 0.0524 e. The molecule has 0 amide bonds. The first-order valence-corrected chi connectivity index (χ1v) is 6.48. The van der Waals surface area contributed by atoms with Crippen molar-refractivity contribution in [2.75, 3.05) is 0 Å². The van der Waals surface area contributed by atoms with Crippen LogP contribution in [0.2, 0.25) is 0 Å². The molecule has 0 saturated heterocycles. The normalized spacial score (nSPS) is 11.7. The van der Waals surface area contributed by atoms with Gasteiger partial charge in [-0.1, -0.05) is 18.2 Å². The van der Waals surface area contributed by atoms with Crippen LogP contribution in [0.4, 0.5) is 0 Å². The van der Waals surface area contributed by atoms with Crippen LogP contribution in [0.15, 0.2) is 48.8 Å². The minimum Gasteiger partial charge on any atom is -0.343 e. The van der Waals surface area contributed by atoms with Gasteiger partial charge in [0.2, 0.25) is 0 Å². The maximum Gasteiger partial charge on any atom is 0.0524 e. The lowest BCUT2D eigenvalue weighted by Gasteiger charge is -2.06. The molecule has 19 heavy (non-hydrogen) atoms. The van der Waals surface area contributed by atoms with Crippen molar-refractivity contribution in [3.05, 3.63) is 54.4 Å². The first-order chi connectivity index (χ1) is 9.27. The van der Waals surface area contributed by atoms with Crippen LogP contribution < -0.4 is 0 Å². The zero-order valence-corrected chi connectivity index (χ0v) is 11.0. The van der Waals surface area contributed by atoms with E-state index >= 15 is 0 Å². The Hall–Kier alpha value is -2.35. The summed E-state index contributed by atoms with van der Waals surface area (Å²) in [5.74, 6) is 0. The molecule has 0 aliphatic carbocycles. The van der Waals surface area contributed by atoms with Gasteiger partial charge in [-0.05, 0) is 36.1 Å². The highest BCUT2D eigenvalue weighted by Gasteiger charge is 2.12. The summed E-state index contributed by atoms with van der Waals surface area (Å²) >= 11 is 0. The van der Waals surface area contributed by atoms with Crippen LogP contribution in [0.25, 0.3) is 32.6 Å². The maximum atomic E-state index is 4.24. The second kappa shape index (κ2) is 3.58. The molecule has 2 aromatic heterocycles. The van der Waals surface area contributed by atoms with E-state index in [4.69, 9.17) is 0 Å². The van der Waals surface area contributed by atoms with Crippen LogP contribution in [0.5, 0.6) is 0 Å². The van der Waals surface area contributed by atoms with E-state index in [2.05, 4.69) is 59.9 Å². The molecule has 0 bridgehead atoms. The lowest BCUT2D eigenvalue weighted by molar-refractivity contribution is 1.01. The van der Waals surface area contributed by atoms with E-state index in [-0.39, 0.29) is 0 Å². The number of rotatable bonds is 0. The van der Waals surface area contributed by atoms with Gasteiger partial charge in [0.15, 0.2) is 0 Å². The predicted molar refractivity (Wildman–Crippen MR) is 80.5 cm³/mol. The molecule has 0 aliphatic rings. The molecule has 4 rings (SSSR count).